The average molecular weight is 274 g/mol. The third-order valence-electron chi connectivity index (χ3n) is 3.50. The smallest absolute Gasteiger partial charge is 0.324 e. The lowest BCUT2D eigenvalue weighted by Gasteiger charge is -2.25. The molecule has 0 saturated carbocycles. The molecule has 1 aliphatic rings. The number of carbonyl (C=O) groups is 1. The Hall–Kier alpha value is -0.440. The Morgan fingerprint density at radius 1 is 1.28 bits per heavy atom. The van der Waals surface area contributed by atoms with Crippen molar-refractivity contribution in [3.05, 3.63) is 11.6 Å². The zero-order chi connectivity index (χ0) is 13.8. The first-order valence-electron chi connectivity index (χ1n) is 6.51. The third kappa shape index (κ3) is 5.05. The number of Topliss-reactive ketones (excluding diaryl/α,β-unsaturated/α-hetero) is 1. The molecule has 18 heavy (non-hydrogen) atoms. The summed E-state index contributed by atoms with van der Waals surface area (Å²) >= 11 is 0. The highest BCUT2D eigenvalue weighted by Gasteiger charge is 2.30. The van der Waals surface area contributed by atoms with Crippen LogP contribution in [-0.2, 0) is 9.36 Å². The largest absolute Gasteiger partial charge is 0.325 e. The Morgan fingerprint density at radius 2 is 1.94 bits per heavy atom. The van der Waals surface area contributed by atoms with Gasteiger partial charge >= 0.3 is 7.60 Å². The SMILES string of the molecule is CC(C)(CCCCCP(=O)(O)O)C1=CCCC1=O. The van der Waals surface area contributed by atoms with E-state index < -0.39 is 7.60 Å². The molecule has 0 aromatic heterocycles. The van der Waals surface area contributed by atoms with E-state index in [1.807, 2.05) is 6.08 Å². The Labute approximate surface area is 109 Å². The standard InChI is InChI=1S/C13H23O4P/c1-13(2,11-7-6-8-12(11)14)9-4-3-5-10-18(15,16)17/h7H,3-6,8-10H2,1-2H3,(H2,15,16,17). The van der Waals surface area contributed by atoms with Crippen molar-refractivity contribution in [1.82, 2.24) is 0 Å². The van der Waals surface area contributed by atoms with Crippen LogP contribution in [0, 0.1) is 5.41 Å². The van der Waals surface area contributed by atoms with Gasteiger partial charge in [-0.1, -0.05) is 32.8 Å². The first-order chi connectivity index (χ1) is 8.22. The van der Waals surface area contributed by atoms with Crippen LogP contribution in [0.3, 0.4) is 0 Å². The molecule has 0 fully saturated rings. The minimum Gasteiger partial charge on any atom is -0.324 e. The fraction of sp³-hybridized carbons (Fsp3) is 0.769. The van der Waals surface area contributed by atoms with Crippen molar-refractivity contribution < 1.29 is 19.1 Å². The topological polar surface area (TPSA) is 74.6 Å². The molecule has 0 spiro atoms. The van der Waals surface area contributed by atoms with Gasteiger partial charge in [0.1, 0.15) is 0 Å². The molecule has 0 atom stereocenters. The molecule has 0 saturated heterocycles. The second kappa shape index (κ2) is 6.14. The van der Waals surface area contributed by atoms with Crippen LogP contribution in [0.4, 0.5) is 0 Å². The van der Waals surface area contributed by atoms with Gasteiger partial charge in [0, 0.05) is 12.6 Å². The van der Waals surface area contributed by atoms with E-state index in [-0.39, 0.29) is 17.4 Å². The van der Waals surface area contributed by atoms with Gasteiger partial charge < -0.3 is 9.79 Å². The molecule has 1 aliphatic carbocycles. The van der Waals surface area contributed by atoms with Gasteiger partial charge in [0.15, 0.2) is 5.78 Å². The quantitative estimate of drug-likeness (QED) is 0.552. The molecule has 0 bridgehead atoms. The van der Waals surface area contributed by atoms with Gasteiger partial charge in [-0.05, 0) is 30.3 Å². The summed E-state index contributed by atoms with van der Waals surface area (Å²) in [7, 11) is -3.84. The molecule has 0 aliphatic heterocycles. The molecule has 0 aromatic carbocycles. The van der Waals surface area contributed by atoms with Gasteiger partial charge in [-0.3, -0.25) is 9.36 Å². The summed E-state index contributed by atoms with van der Waals surface area (Å²) in [4.78, 5) is 29.2. The fourth-order valence-electron chi connectivity index (χ4n) is 2.45. The van der Waals surface area contributed by atoms with Crippen molar-refractivity contribution in [2.75, 3.05) is 6.16 Å². The molecular weight excluding hydrogens is 251 g/mol. The van der Waals surface area contributed by atoms with Crippen LogP contribution in [0.2, 0.25) is 0 Å². The van der Waals surface area contributed by atoms with E-state index in [1.54, 1.807) is 0 Å². The molecule has 2 N–H and O–H groups in total. The van der Waals surface area contributed by atoms with Gasteiger partial charge in [0.2, 0.25) is 0 Å². The molecule has 0 unspecified atom stereocenters. The maximum Gasteiger partial charge on any atom is 0.325 e. The predicted octanol–water partition coefficient (Wildman–Crippen LogP) is 3.04. The van der Waals surface area contributed by atoms with Gasteiger partial charge in [-0.25, -0.2) is 0 Å². The second-order valence-electron chi connectivity index (χ2n) is 5.66. The van der Waals surface area contributed by atoms with Crippen molar-refractivity contribution in [1.29, 1.82) is 0 Å². The maximum absolute atomic E-state index is 11.7. The van der Waals surface area contributed by atoms with E-state index in [9.17, 15) is 9.36 Å². The van der Waals surface area contributed by atoms with Crippen molar-refractivity contribution in [2.45, 2.75) is 52.4 Å². The van der Waals surface area contributed by atoms with Gasteiger partial charge in [0.25, 0.3) is 0 Å². The fourth-order valence-corrected chi connectivity index (χ4v) is 3.08. The summed E-state index contributed by atoms with van der Waals surface area (Å²) < 4.78 is 10.7. The van der Waals surface area contributed by atoms with E-state index in [2.05, 4.69) is 13.8 Å². The van der Waals surface area contributed by atoms with Crippen LogP contribution in [0.25, 0.3) is 0 Å². The van der Waals surface area contributed by atoms with Crippen LogP contribution >= 0.6 is 7.60 Å². The Bertz CT molecular complexity index is 378. The Balaban J connectivity index is 2.30. The second-order valence-corrected chi connectivity index (χ2v) is 7.44. The Kier molecular flexibility index (Phi) is 5.32. The summed E-state index contributed by atoms with van der Waals surface area (Å²) in [6.45, 7) is 4.15. The zero-order valence-corrected chi connectivity index (χ0v) is 12.1. The number of unbranched alkanes of at least 4 members (excludes halogenated alkanes) is 2. The molecule has 5 heteroatoms. The first-order valence-corrected chi connectivity index (χ1v) is 8.30. The van der Waals surface area contributed by atoms with Crippen LogP contribution in [0.5, 0.6) is 0 Å². The van der Waals surface area contributed by atoms with Crippen LogP contribution in [0.1, 0.15) is 52.4 Å². The van der Waals surface area contributed by atoms with Crippen molar-refractivity contribution in [2.24, 2.45) is 5.41 Å². The lowest BCUT2D eigenvalue weighted by molar-refractivity contribution is -0.115. The zero-order valence-electron chi connectivity index (χ0n) is 11.2. The third-order valence-corrected chi connectivity index (χ3v) is 4.40. The summed E-state index contributed by atoms with van der Waals surface area (Å²) in [5, 5.41) is 0. The molecule has 104 valence electrons. The number of ketones is 1. The van der Waals surface area contributed by atoms with E-state index in [0.717, 1.165) is 31.3 Å². The lowest BCUT2D eigenvalue weighted by atomic mass is 9.79. The Morgan fingerprint density at radius 3 is 2.44 bits per heavy atom. The molecule has 4 nitrogen and oxygen atoms in total. The van der Waals surface area contributed by atoms with Crippen LogP contribution < -0.4 is 0 Å². The van der Waals surface area contributed by atoms with E-state index in [1.165, 1.54) is 0 Å². The normalized spacial score (nSPS) is 17.1. The van der Waals surface area contributed by atoms with Crippen molar-refractivity contribution >= 4 is 13.4 Å². The number of hydrogen-bond donors (Lipinski definition) is 2. The molecule has 0 amide bonds. The summed E-state index contributed by atoms with van der Waals surface area (Å²) in [6, 6.07) is 0. The monoisotopic (exact) mass is 274 g/mol. The van der Waals surface area contributed by atoms with Crippen molar-refractivity contribution in [3.63, 3.8) is 0 Å². The van der Waals surface area contributed by atoms with E-state index in [0.29, 0.717) is 12.8 Å². The van der Waals surface area contributed by atoms with Crippen molar-refractivity contribution in [3.8, 4) is 0 Å². The van der Waals surface area contributed by atoms with Gasteiger partial charge in [-0.2, -0.15) is 0 Å². The van der Waals surface area contributed by atoms with Gasteiger partial charge in [-0.15, -0.1) is 0 Å². The lowest BCUT2D eigenvalue weighted by Crippen LogP contribution is -2.19. The highest BCUT2D eigenvalue weighted by Crippen LogP contribution is 2.38. The molecule has 0 aromatic rings. The maximum atomic E-state index is 11.7. The first kappa shape index (κ1) is 15.6. The number of rotatable bonds is 7. The minimum absolute atomic E-state index is 0.0327. The summed E-state index contributed by atoms with van der Waals surface area (Å²) in [5.41, 5.74) is 0.841. The summed E-state index contributed by atoms with van der Waals surface area (Å²) in [6.07, 6.45) is 6.65. The minimum atomic E-state index is -3.84. The number of carbonyl (C=O) groups excluding carboxylic acids is 1. The number of allylic oxidation sites excluding steroid dienone is 2. The number of hydrogen-bond acceptors (Lipinski definition) is 2. The molecule has 0 radical (unpaired) electrons. The molecular formula is C13H23O4P. The van der Waals surface area contributed by atoms with Crippen LogP contribution in [0.15, 0.2) is 11.6 Å². The van der Waals surface area contributed by atoms with Gasteiger partial charge in [0.05, 0.1) is 0 Å². The molecule has 0 heterocycles. The summed E-state index contributed by atoms with van der Waals surface area (Å²) in [5.74, 6) is 0.259. The van der Waals surface area contributed by atoms with E-state index in [4.69, 9.17) is 9.79 Å². The highest BCUT2D eigenvalue weighted by atomic mass is 31.2. The highest BCUT2D eigenvalue weighted by molar-refractivity contribution is 7.51. The molecule has 1 rings (SSSR count). The van der Waals surface area contributed by atoms with Crippen LogP contribution in [-0.4, -0.2) is 21.7 Å². The van der Waals surface area contributed by atoms with E-state index >= 15 is 0 Å². The predicted molar refractivity (Wildman–Crippen MR) is 71.5 cm³/mol. The average Bonchev–Trinajstić information content (AvgIpc) is 2.62.